The topological polar surface area (TPSA) is 39.9 Å². The van der Waals surface area contributed by atoms with Crippen LogP contribution in [0.4, 0.5) is 0 Å². The van der Waals surface area contributed by atoms with Crippen LogP contribution in [0.5, 0.6) is 5.75 Å². The van der Waals surface area contributed by atoms with Gasteiger partial charge in [0, 0.05) is 23.3 Å². The summed E-state index contributed by atoms with van der Waals surface area (Å²) in [5, 5.41) is 1.49. The van der Waals surface area contributed by atoms with Gasteiger partial charge in [-0.2, -0.15) is 0 Å². The van der Waals surface area contributed by atoms with E-state index in [9.17, 15) is 0 Å². The third kappa shape index (κ3) is 2.51. The van der Waals surface area contributed by atoms with Crippen molar-refractivity contribution in [3.63, 3.8) is 0 Å². The number of halogens is 1. The first-order chi connectivity index (χ1) is 11.8. The van der Waals surface area contributed by atoms with Crippen LogP contribution in [0.25, 0.3) is 27.8 Å². The van der Waals surface area contributed by atoms with Crippen molar-refractivity contribution in [3.05, 3.63) is 72.3 Å². The van der Waals surface area contributed by atoms with Crippen molar-refractivity contribution in [2.75, 3.05) is 7.11 Å². The van der Waals surface area contributed by atoms with Crippen molar-refractivity contribution in [1.29, 1.82) is 0 Å². The van der Waals surface area contributed by atoms with Crippen LogP contribution >= 0.6 is 11.6 Å². The molecule has 2 aromatic carbocycles. The van der Waals surface area contributed by atoms with Crippen LogP contribution in [0.2, 0.25) is 5.02 Å². The van der Waals surface area contributed by atoms with E-state index in [1.165, 1.54) is 0 Å². The molecule has 0 saturated heterocycles. The van der Waals surface area contributed by atoms with E-state index in [2.05, 4.69) is 4.98 Å². The lowest BCUT2D eigenvalue weighted by Crippen LogP contribution is -1.97. The highest BCUT2D eigenvalue weighted by Gasteiger charge is 2.12. The maximum atomic E-state index is 6.29. The average Bonchev–Trinajstić information content (AvgIpc) is 3.15. The Labute approximate surface area is 144 Å². The summed E-state index contributed by atoms with van der Waals surface area (Å²) >= 11 is 6.29. The van der Waals surface area contributed by atoms with Crippen molar-refractivity contribution >= 4 is 22.5 Å². The molecule has 0 N–H and O–H groups in total. The lowest BCUT2D eigenvalue weighted by atomic mass is 10.1. The number of hydrogen-bond donors (Lipinski definition) is 0. The fourth-order valence-electron chi connectivity index (χ4n) is 2.74. The number of fused-ring (bicyclic) bond motifs is 1. The zero-order valence-corrected chi connectivity index (χ0v) is 13.7. The molecule has 0 bridgehead atoms. The van der Waals surface area contributed by atoms with E-state index in [1.807, 2.05) is 59.3 Å². The van der Waals surface area contributed by atoms with Crippen LogP contribution in [0.15, 0.2) is 67.3 Å². The van der Waals surface area contributed by atoms with E-state index in [0.717, 1.165) is 27.8 Å². The van der Waals surface area contributed by atoms with Gasteiger partial charge in [-0.25, -0.2) is 9.97 Å². The van der Waals surface area contributed by atoms with Crippen LogP contribution in [0.1, 0.15) is 0 Å². The van der Waals surface area contributed by atoms with Gasteiger partial charge in [-0.05, 0) is 18.2 Å². The molecule has 0 atom stereocenters. The van der Waals surface area contributed by atoms with Gasteiger partial charge in [-0.3, -0.25) is 0 Å². The predicted octanol–water partition coefficient (Wildman–Crippen LogP) is 4.75. The number of hydrogen-bond acceptors (Lipinski definition) is 3. The first-order valence-electron chi connectivity index (χ1n) is 7.48. The molecular weight excluding hydrogens is 322 g/mol. The molecule has 2 heterocycles. The van der Waals surface area contributed by atoms with Gasteiger partial charge in [0.15, 0.2) is 0 Å². The van der Waals surface area contributed by atoms with E-state index < -0.39 is 0 Å². The summed E-state index contributed by atoms with van der Waals surface area (Å²) < 4.78 is 7.32. The summed E-state index contributed by atoms with van der Waals surface area (Å²) in [5.74, 6) is 0.625. The fraction of sp³-hybridized carbons (Fsp3) is 0.0526. The number of benzene rings is 2. The number of rotatable bonds is 3. The van der Waals surface area contributed by atoms with Crippen LogP contribution in [-0.2, 0) is 0 Å². The Morgan fingerprint density at radius 3 is 2.62 bits per heavy atom. The fourth-order valence-corrected chi connectivity index (χ4v) is 2.97. The van der Waals surface area contributed by atoms with Crippen LogP contribution in [0, 0.1) is 0 Å². The van der Waals surface area contributed by atoms with E-state index in [-0.39, 0.29) is 0 Å². The standard InChI is InChI=1S/C19H14ClN3O/c1-24-19-9-14-17(10-15(19)20)22-16(13-5-3-2-4-6-13)11-18(14)23-8-7-21-12-23/h2-12H,1H3. The summed E-state index contributed by atoms with van der Waals surface area (Å²) in [6, 6.07) is 15.9. The zero-order chi connectivity index (χ0) is 16.5. The predicted molar refractivity (Wildman–Crippen MR) is 95.9 cm³/mol. The van der Waals surface area contributed by atoms with Gasteiger partial charge in [-0.1, -0.05) is 41.9 Å². The van der Waals surface area contributed by atoms with Crippen LogP contribution in [-0.4, -0.2) is 21.6 Å². The van der Waals surface area contributed by atoms with Crippen LogP contribution in [0.3, 0.4) is 0 Å². The smallest absolute Gasteiger partial charge is 0.138 e. The van der Waals surface area contributed by atoms with Gasteiger partial charge in [0.25, 0.3) is 0 Å². The van der Waals surface area contributed by atoms with Gasteiger partial charge in [0.05, 0.1) is 35.4 Å². The largest absolute Gasteiger partial charge is 0.495 e. The van der Waals surface area contributed by atoms with Gasteiger partial charge >= 0.3 is 0 Å². The Hall–Kier alpha value is -2.85. The van der Waals surface area contributed by atoms with Gasteiger partial charge < -0.3 is 9.30 Å². The molecule has 4 aromatic rings. The maximum Gasteiger partial charge on any atom is 0.138 e. The SMILES string of the molecule is COc1cc2c(-n3ccnc3)cc(-c3ccccc3)nc2cc1Cl. The molecular formula is C19H14ClN3O. The van der Waals surface area contributed by atoms with Crippen molar-refractivity contribution in [2.24, 2.45) is 0 Å². The van der Waals surface area contributed by atoms with Crippen LogP contribution < -0.4 is 4.74 Å². The molecule has 0 amide bonds. The quantitative estimate of drug-likeness (QED) is 0.542. The number of nitrogens with zero attached hydrogens (tertiary/aromatic N) is 3. The Kier molecular flexibility index (Phi) is 3.67. The molecule has 4 nitrogen and oxygen atoms in total. The summed E-state index contributed by atoms with van der Waals surface area (Å²) in [6.07, 6.45) is 5.43. The highest BCUT2D eigenvalue weighted by atomic mass is 35.5. The third-order valence-electron chi connectivity index (χ3n) is 3.91. The Bertz CT molecular complexity index is 998. The molecule has 0 aliphatic rings. The molecule has 24 heavy (non-hydrogen) atoms. The van der Waals surface area contributed by atoms with E-state index in [1.54, 1.807) is 19.6 Å². The molecule has 5 heteroatoms. The Morgan fingerprint density at radius 2 is 1.92 bits per heavy atom. The van der Waals surface area contributed by atoms with Crippen molar-refractivity contribution in [3.8, 4) is 22.7 Å². The first kappa shape index (κ1) is 14.7. The normalized spacial score (nSPS) is 10.9. The van der Waals surface area contributed by atoms with Crippen molar-refractivity contribution in [2.45, 2.75) is 0 Å². The summed E-state index contributed by atoms with van der Waals surface area (Å²) in [5.41, 5.74) is 3.72. The lowest BCUT2D eigenvalue weighted by molar-refractivity contribution is 0.415. The molecule has 0 spiro atoms. The number of pyridine rings is 1. The minimum atomic E-state index is 0.541. The average molecular weight is 336 g/mol. The minimum absolute atomic E-state index is 0.541. The highest BCUT2D eigenvalue weighted by molar-refractivity contribution is 6.32. The molecule has 2 aromatic heterocycles. The molecule has 0 fully saturated rings. The number of ether oxygens (including phenoxy) is 1. The van der Waals surface area contributed by atoms with Gasteiger partial charge in [0.2, 0.25) is 0 Å². The minimum Gasteiger partial charge on any atom is -0.495 e. The van der Waals surface area contributed by atoms with E-state index in [0.29, 0.717) is 10.8 Å². The number of aromatic nitrogens is 3. The molecule has 0 aliphatic carbocycles. The first-order valence-corrected chi connectivity index (χ1v) is 7.86. The number of imidazole rings is 1. The second-order valence-electron chi connectivity index (χ2n) is 5.37. The third-order valence-corrected chi connectivity index (χ3v) is 4.21. The summed E-state index contributed by atoms with van der Waals surface area (Å²) in [4.78, 5) is 8.93. The molecule has 0 unspecified atom stereocenters. The van der Waals surface area contributed by atoms with E-state index in [4.69, 9.17) is 21.3 Å². The Balaban J connectivity index is 2.04. The number of methoxy groups -OCH3 is 1. The van der Waals surface area contributed by atoms with Gasteiger partial charge in [-0.15, -0.1) is 0 Å². The second-order valence-corrected chi connectivity index (χ2v) is 5.77. The summed E-state index contributed by atoms with van der Waals surface area (Å²) in [7, 11) is 1.61. The molecule has 0 aliphatic heterocycles. The van der Waals surface area contributed by atoms with Crippen molar-refractivity contribution in [1.82, 2.24) is 14.5 Å². The maximum absolute atomic E-state index is 6.29. The highest BCUT2D eigenvalue weighted by Crippen LogP contribution is 2.34. The molecule has 4 rings (SSSR count). The van der Waals surface area contributed by atoms with Gasteiger partial charge in [0.1, 0.15) is 5.75 Å². The molecule has 0 saturated carbocycles. The Morgan fingerprint density at radius 1 is 1.08 bits per heavy atom. The lowest BCUT2D eigenvalue weighted by Gasteiger charge is -2.12. The summed E-state index contributed by atoms with van der Waals surface area (Å²) in [6.45, 7) is 0. The zero-order valence-electron chi connectivity index (χ0n) is 13.0. The molecule has 0 radical (unpaired) electrons. The molecule has 118 valence electrons. The second kappa shape index (κ2) is 5.98. The monoisotopic (exact) mass is 335 g/mol. The van der Waals surface area contributed by atoms with E-state index >= 15 is 0 Å². The van der Waals surface area contributed by atoms with Crippen molar-refractivity contribution < 1.29 is 4.74 Å².